The van der Waals surface area contributed by atoms with Crippen molar-refractivity contribution in [1.29, 1.82) is 0 Å². The van der Waals surface area contributed by atoms with Crippen LogP contribution in [0.2, 0.25) is 0 Å². The fourth-order valence-electron chi connectivity index (χ4n) is 0.758. The molecule has 1 aromatic carbocycles. The van der Waals surface area contributed by atoms with Gasteiger partial charge in [-0.2, -0.15) is 0 Å². The van der Waals surface area contributed by atoms with Gasteiger partial charge in [0.15, 0.2) is 0 Å². The van der Waals surface area contributed by atoms with Gasteiger partial charge >= 0.3 is 0 Å². The third kappa shape index (κ3) is 3.29. The predicted molar refractivity (Wildman–Crippen MR) is 56.5 cm³/mol. The Labute approximate surface area is 72.3 Å². The second-order valence-corrected chi connectivity index (χ2v) is 4.78. The van der Waals surface area contributed by atoms with Crippen molar-refractivity contribution in [2.24, 2.45) is 0 Å². The van der Waals surface area contributed by atoms with E-state index in [0.717, 1.165) is 15.3 Å². The quantitative estimate of drug-likeness (QED) is 0.651. The summed E-state index contributed by atoms with van der Waals surface area (Å²) in [6.45, 7) is 3.24. The molecule has 11 heavy (non-hydrogen) atoms. The molecule has 60 valence electrons. The highest BCUT2D eigenvalue weighted by atomic mass is 31.1. The second kappa shape index (κ2) is 4.83. The zero-order valence-electron chi connectivity index (χ0n) is 6.62. The minimum absolute atomic E-state index is 0.775. The molecule has 0 aliphatic heterocycles. The fraction of sp³-hybridized carbons (Fsp3) is 0.250. The van der Waals surface area contributed by atoms with Crippen molar-refractivity contribution < 1.29 is 0 Å². The van der Waals surface area contributed by atoms with E-state index in [0.29, 0.717) is 0 Å². The Kier molecular flexibility index (Phi) is 4.01. The van der Waals surface area contributed by atoms with Crippen LogP contribution in [0.4, 0.5) is 0 Å². The van der Waals surface area contributed by atoms with Crippen LogP contribution < -0.4 is 5.30 Å². The summed E-state index contributed by atoms with van der Waals surface area (Å²) in [5.74, 6) is 0. The van der Waals surface area contributed by atoms with Gasteiger partial charge in [0.2, 0.25) is 0 Å². The van der Waals surface area contributed by atoms with Gasteiger partial charge < -0.3 is 0 Å². The molecular formula is C8H13NP2. The predicted octanol–water partition coefficient (Wildman–Crippen LogP) is 2.02. The van der Waals surface area contributed by atoms with E-state index in [1.165, 1.54) is 5.30 Å². The van der Waals surface area contributed by atoms with E-state index in [-0.39, 0.29) is 0 Å². The van der Waals surface area contributed by atoms with Gasteiger partial charge in [-0.05, 0) is 14.0 Å². The standard InChI is InChI=1S/C8H13NP2/c1-2-9(10)11-8-6-4-3-5-7-8/h3-7,11H,2,10H2,1H3. The first-order valence-corrected chi connectivity index (χ1v) is 5.13. The molecule has 0 saturated carbocycles. The summed E-state index contributed by atoms with van der Waals surface area (Å²) in [4.78, 5) is 0. The van der Waals surface area contributed by atoms with E-state index in [2.05, 4.69) is 45.0 Å². The molecule has 0 saturated heterocycles. The molecule has 2 atom stereocenters. The smallest absolute Gasteiger partial charge is 0.00285 e. The Hall–Kier alpha value is 0.0400. The normalized spacial score (nSPS) is 11.5. The molecule has 0 spiro atoms. The molecule has 0 radical (unpaired) electrons. The Morgan fingerprint density at radius 3 is 2.55 bits per heavy atom. The van der Waals surface area contributed by atoms with E-state index in [9.17, 15) is 0 Å². The van der Waals surface area contributed by atoms with Crippen LogP contribution in [0, 0.1) is 0 Å². The number of hydrogen-bond donors (Lipinski definition) is 0. The summed E-state index contributed by atoms with van der Waals surface area (Å²) in [6.07, 6.45) is 0. The van der Waals surface area contributed by atoms with Crippen molar-refractivity contribution in [3.8, 4) is 0 Å². The topological polar surface area (TPSA) is 3.24 Å². The van der Waals surface area contributed by atoms with Crippen LogP contribution in [0.1, 0.15) is 6.92 Å². The highest BCUT2D eigenvalue weighted by Crippen LogP contribution is 2.20. The van der Waals surface area contributed by atoms with Gasteiger partial charge in [-0.15, -0.1) is 0 Å². The van der Waals surface area contributed by atoms with Crippen molar-refractivity contribution in [2.45, 2.75) is 6.92 Å². The number of hydrogen-bond acceptors (Lipinski definition) is 1. The Balaban J connectivity index is 2.51. The summed E-state index contributed by atoms with van der Waals surface area (Å²) in [7, 11) is 3.50. The van der Waals surface area contributed by atoms with Gasteiger partial charge in [0.25, 0.3) is 0 Å². The maximum absolute atomic E-state index is 2.73. The van der Waals surface area contributed by atoms with Gasteiger partial charge in [-0.1, -0.05) is 46.6 Å². The van der Waals surface area contributed by atoms with Gasteiger partial charge in [-0.25, -0.2) is 0 Å². The average molecular weight is 185 g/mol. The summed E-state index contributed by atoms with van der Waals surface area (Å²) < 4.78 is 2.23. The Morgan fingerprint density at radius 1 is 1.36 bits per heavy atom. The molecule has 0 heterocycles. The van der Waals surface area contributed by atoms with Crippen molar-refractivity contribution in [3.05, 3.63) is 30.3 Å². The first kappa shape index (κ1) is 9.13. The van der Waals surface area contributed by atoms with E-state index in [4.69, 9.17) is 0 Å². The number of nitrogens with zero attached hydrogens (tertiary/aromatic N) is 1. The lowest BCUT2D eigenvalue weighted by atomic mass is 10.4. The van der Waals surface area contributed by atoms with Crippen LogP contribution in [0.5, 0.6) is 0 Å². The molecule has 0 aliphatic rings. The van der Waals surface area contributed by atoms with Crippen LogP contribution in [0.15, 0.2) is 30.3 Å². The molecule has 1 aromatic rings. The molecule has 0 bridgehead atoms. The summed E-state index contributed by atoms with van der Waals surface area (Å²) in [5.41, 5.74) is 0. The summed E-state index contributed by atoms with van der Waals surface area (Å²) in [6, 6.07) is 10.5. The molecule has 0 amide bonds. The minimum Gasteiger partial charge on any atom is -0.265 e. The van der Waals surface area contributed by atoms with Crippen molar-refractivity contribution >= 4 is 23.4 Å². The zero-order chi connectivity index (χ0) is 8.10. The van der Waals surface area contributed by atoms with Crippen LogP contribution in [-0.2, 0) is 0 Å². The number of benzene rings is 1. The lowest BCUT2D eigenvalue weighted by Gasteiger charge is -2.12. The average Bonchev–Trinajstić information content (AvgIpc) is 2.06. The van der Waals surface area contributed by atoms with Gasteiger partial charge in [-0.3, -0.25) is 4.44 Å². The highest BCUT2D eigenvalue weighted by molar-refractivity contribution is 7.51. The first-order chi connectivity index (χ1) is 5.33. The summed E-state index contributed by atoms with van der Waals surface area (Å²) >= 11 is 0. The van der Waals surface area contributed by atoms with Crippen molar-refractivity contribution in [1.82, 2.24) is 4.44 Å². The molecule has 1 nitrogen and oxygen atoms in total. The molecule has 1 rings (SSSR count). The fourth-order valence-corrected chi connectivity index (χ4v) is 2.04. The van der Waals surface area contributed by atoms with Gasteiger partial charge in [0, 0.05) is 6.54 Å². The summed E-state index contributed by atoms with van der Waals surface area (Å²) in [5, 5.41) is 1.39. The zero-order valence-corrected chi connectivity index (χ0v) is 8.77. The minimum atomic E-state index is 0.775. The molecule has 0 aromatic heterocycles. The molecule has 0 fully saturated rings. The molecule has 0 N–H and O–H groups in total. The van der Waals surface area contributed by atoms with Crippen molar-refractivity contribution in [2.75, 3.05) is 6.54 Å². The Morgan fingerprint density at radius 2 is 2.00 bits per heavy atom. The van der Waals surface area contributed by atoms with E-state index >= 15 is 0 Å². The SMILES string of the molecule is CCN(P)Pc1ccccc1. The lowest BCUT2D eigenvalue weighted by molar-refractivity contribution is 0.783. The van der Waals surface area contributed by atoms with Gasteiger partial charge in [0.1, 0.15) is 0 Å². The van der Waals surface area contributed by atoms with Crippen LogP contribution >= 0.6 is 18.1 Å². The second-order valence-electron chi connectivity index (χ2n) is 2.26. The third-order valence-corrected chi connectivity index (χ3v) is 3.33. The van der Waals surface area contributed by atoms with E-state index < -0.39 is 0 Å². The molecule has 3 heteroatoms. The maximum Gasteiger partial charge on any atom is 0.00285 e. The van der Waals surface area contributed by atoms with Gasteiger partial charge in [0.05, 0.1) is 0 Å². The molecule has 0 aliphatic carbocycles. The maximum atomic E-state index is 2.73. The lowest BCUT2D eigenvalue weighted by Crippen LogP contribution is -2.04. The van der Waals surface area contributed by atoms with Crippen LogP contribution in [0.3, 0.4) is 0 Å². The van der Waals surface area contributed by atoms with Crippen molar-refractivity contribution in [3.63, 3.8) is 0 Å². The monoisotopic (exact) mass is 185 g/mol. The first-order valence-electron chi connectivity index (χ1n) is 3.67. The van der Waals surface area contributed by atoms with Crippen LogP contribution in [0.25, 0.3) is 0 Å². The van der Waals surface area contributed by atoms with Crippen LogP contribution in [-0.4, -0.2) is 11.0 Å². The largest absolute Gasteiger partial charge is 0.265 e. The number of rotatable bonds is 3. The van der Waals surface area contributed by atoms with E-state index in [1.54, 1.807) is 0 Å². The van der Waals surface area contributed by atoms with E-state index in [1.807, 2.05) is 6.07 Å². The molecular weight excluding hydrogens is 172 g/mol. The Bertz CT molecular complexity index is 201. The highest BCUT2D eigenvalue weighted by Gasteiger charge is 1.94. The third-order valence-electron chi connectivity index (χ3n) is 1.39. The molecule has 2 unspecified atom stereocenters.